The SMILES string of the molecule is CC(C)(C)OC(=O)N1CCN(c2ccc([N+](=O)[O-])c(C(N)=O)c2)CC1. The number of carbonyl (C=O) groups excluding carboxylic acids is 2. The van der Waals surface area contributed by atoms with Crippen molar-refractivity contribution in [3.63, 3.8) is 0 Å². The molecule has 0 bridgehead atoms. The minimum absolute atomic E-state index is 0.128. The normalized spacial score (nSPS) is 15.0. The number of nitrogens with zero attached hydrogens (tertiary/aromatic N) is 3. The molecule has 1 aromatic carbocycles. The van der Waals surface area contributed by atoms with Gasteiger partial charge in [0.1, 0.15) is 11.2 Å². The molecule has 25 heavy (non-hydrogen) atoms. The molecule has 0 unspecified atom stereocenters. The topological polar surface area (TPSA) is 119 Å². The summed E-state index contributed by atoms with van der Waals surface area (Å²) in [6, 6.07) is 4.27. The molecule has 0 atom stereocenters. The van der Waals surface area contributed by atoms with Crippen molar-refractivity contribution in [3.8, 4) is 0 Å². The van der Waals surface area contributed by atoms with Crippen LogP contribution in [0.4, 0.5) is 16.2 Å². The van der Waals surface area contributed by atoms with Crippen molar-refractivity contribution in [2.24, 2.45) is 5.73 Å². The number of nitrogens with two attached hydrogens (primary N) is 1. The molecular weight excluding hydrogens is 328 g/mol. The molecule has 0 aliphatic carbocycles. The average molecular weight is 350 g/mol. The van der Waals surface area contributed by atoms with Gasteiger partial charge in [-0.1, -0.05) is 0 Å². The zero-order chi connectivity index (χ0) is 18.8. The fourth-order valence-corrected chi connectivity index (χ4v) is 2.55. The number of ether oxygens (including phenoxy) is 1. The summed E-state index contributed by atoms with van der Waals surface area (Å²) in [5, 5.41) is 11.0. The third kappa shape index (κ3) is 4.59. The maximum Gasteiger partial charge on any atom is 0.410 e. The number of piperazine rings is 1. The highest BCUT2D eigenvalue weighted by Crippen LogP contribution is 2.26. The van der Waals surface area contributed by atoms with Crippen molar-refractivity contribution >= 4 is 23.4 Å². The van der Waals surface area contributed by atoms with Crippen LogP contribution in [0.1, 0.15) is 31.1 Å². The highest BCUT2D eigenvalue weighted by atomic mass is 16.6. The number of nitro groups is 1. The monoisotopic (exact) mass is 350 g/mol. The summed E-state index contributed by atoms with van der Waals surface area (Å²) in [7, 11) is 0. The van der Waals surface area contributed by atoms with Crippen molar-refractivity contribution in [1.29, 1.82) is 0 Å². The maximum absolute atomic E-state index is 12.1. The summed E-state index contributed by atoms with van der Waals surface area (Å²) in [5.74, 6) is -0.846. The number of benzene rings is 1. The van der Waals surface area contributed by atoms with Crippen LogP contribution in [0.2, 0.25) is 0 Å². The van der Waals surface area contributed by atoms with Gasteiger partial charge in [-0.25, -0.2) is 4.79 Å². The summed E-state index contributed by atoms with van der Waals surface area (Å²) in [6.45, 7) is 7.39. The van der Waals surface area contributed by atoms with Crippen molar-refractivity contribution in [1.82, 2.24) is 4.90 Å². The lowest BCUT2D eigenvalue weighted by Gasteiger charge is -2.36. The fourth-order valence-electron chi connectivity index (χ4n) is 2.55. The van der Waals surface area contributed by atoms with Crippen LogP contribution in [0.3, 0.4) is 0 Å². The van der Waals surface area contributed by atoms with Crippen LogP contribution >= 0.6 is 0 Å². The molecule has 136 valence electrons. The lowest BCUT2D eigenvalue weighted by molar-refractivity contribution is -0.385. The van der Waals surface area contributed by atoms with E-state index >= 15 is 0 Å². The Labute approximate surface area is 145 Å². The Morgan fingerprint density at radius 3 is 2.28 bits per heavy atom. The van der Waals surface area contributed by atoms with Gasteiger partial charge in [0.05, 0.1) is 4.92 Å². The Hall–Kier alpha value is -2.84. The summed E-state index contributed by atoms with van der Waals surface area (Å²) in [5.41, 5.74) is 4.90. The van der Waals surface area contributed by atoms with Crippen molar-refractivity contribution in [3.05, 3.63) is 33.9 Å². The molecule has 9 nitrogen and oxygen atoms in total. The van der Waals surface area contributed by atoms with Gasteiger partial charge in [-0.15, -0.1) is 0 Å². The van der Waals surface area contributed by atoms with Crippen molar-refractivity contribution in [2.45, 2.75) is 26.4 Å². The van der Waals surface area contributed by atoms with Crippen LogP contribution < -0.4 is 10.6 Å². The quantitative estimate of drug-likeness (QED) is 0.655. The largest absolute Gasteiger partial charge is 0.444 e. The number of hydrogen-bond acceptors (Lipinski definition) is 6. The molecular formula is C16H22N4O5. The number of amides is 2. The Morgan fingerprint density at radius 1 is 1.20 bits per heavy atom. The van der Waals surface area contributed by atoms with Crippen molar-refractivity contribution in [2.75, 3.05) is 31.1 Å². The van der Waals surface area contributed by atoms with Crippen LogP contribution in [0, 0.1) is 10.1 Å². The van der Waals surface area contributed by atoms with E-state index in [2.05, 4.69) is 0 Å². The predicted molar refractivity (Wildman–Crippen MR) is 91.6 cm³/mol. The fraction of sp³-hybridized carbons (Fsp3) is 0.500. The molecule has 1 fully saturated rings. The first-order valence-corrected chi connectivity index (χ1v) is 7.89. The standard InChI is InChI=1S/C16H22N4O5/c1-16(2,3)25-15(22)19-8-6-18(7-9-19)11-4-5-13(20(23)24)12(10-11)14(17)21/h4-5,10H,6-9H2,1-3H3,(H2,17,21). The number of hydrogen-bond donors (Lipinski definition) is 1. The summed E-state index contributed by atoms with van der Waals surface area (Å²) < 4.78 is 5.34. The van der Waals surface area contributed by atoms with Crippen LogP contribution in [-0.2, 0) is 4.74 Å². The number of carbonyl (C=O) groups is 2. The molecule has 1 aliphatic rings. The second kappa shape index (κ2) is 6.96. The third-order valence-electron chi connectivity index (χ3n) is 3.74. The molecule has 0 saturated carbocycles. The van der Waals surface area contributed by atoms with Gasteiger partial charge in [0.2, 0.25) is 0 Å². The van der Waals surface area contributed by atoms with Gasteiger partial charge in [0.15, 0.2) is 0 Å². The zero-order valence-electron chi connectivity index (χ0n) is 14.5. The first kappa shape index (κ1) is 18.5. The van der Waals surface area contributed by atoms with E-state index in [1.54, 1.807) is 11.0 Å². The van der Waals surface area contributed by atoms with E-state index in [4.69, 9.17) is 10.5 Å². The van der Waals surface area contributed by atoms with Crippen LogP contribution in [0.15, 0.2) is 18.2 Å². The summed E-state index contributed by atoms with van der Waals surface area (Å²) in [6.07, 6.45) is -0.367. The van der Waals surface area contributed by atoms with Gasteiger partial charge in [-0.3, -0.25) is 14.9 Å². The predicted octanol–water partition coefficient (Wildman–Crippen LogP) is 1.75. The van der Waals surface area contributed by atoms with Gasteiger partial charge in [-0.2, -0.15) is 0 Å². The molecule has 1 aromatic rings. The molecule has 0 spiro atoms. The lowest BCUT2D eigenvalue weighted by Crippen LogP contribution is -2.50. The van der Waals surface area contributed by atoms with Crippen LogP contribution in [0.25, 0.3) is 0 Å². The van der Waals surface area contributed by atoms with Crippen LogP contribution in [0.5, 0.6) is 0 Å². The van der Waals surface area contributed by atoms with Crippen LogP contribution in [-0.4, -0.2) is 53.6 Å². The smallest absolute Gasteiger partial charge is 0.410 e. The van der Waals surface area contributed by atoms with E-state index in [1.807, 2.05) is 25.7 Å². The second-order valence-electron chi connectivity index (χ2n) is 6.78. The number of primary amides is 1. The Bertz CT molecular complexity index is 690. The molecule has 2 N–H and O–H groups in total. The minimum Gasteiger partial charge on any atom is -0.444 e. The molecule has 0 radical (unpaired) electrons. The zero-order valence-corrected chi connectivity index (χ0v) is 14.5. The summed E-state index contributed by atoms with van der Waals surface area (Å²) in [4.78, 5) is 37.4. The Kier molecular flexibility index (Phi) is 5.15. The summed E-state index contributed by atoms with van der Waals surface area (Å²) >= 11 is 0. The lowest BCUT2D eigenvalue weighted by atomic mass is 10.1. The number of rotatable bonds is 3. The second-order valence-corrected chi connectivity index (χ2v) is 6.78. The first-order valence-electron chi connectivity index (χ1n) is 7.89. The molecule has 9 heteroatoms. The van der Waals surface area contributed by atoms with Gasteiger partial charge in [-0.05, 0) is 32.9 Å². The number of nitro benzene ring substituents is 1. The van der Waals surface area contributed by atoms with E-state index in [-0.39, 0.29) is 17.3 Å². The first-order chi connectivity index (χ1) is 11.6. The van der Waals surface area contributed by atoms with Gasteiger partial charge >= 0.3 is 6.09 Å². The molecule has 1 saturated heterocycles. The van der Waals surface area contributed by atoms with E-state index < -0.39 is 16.4 Å². The van der Waals surface area contributed by atoms with E-state index in [9.17, 15) is 19.7 Å². The maximum atomic E-state index is 12.1. The molecule has 1 aliphatic heterocycles. The van der Waals surface area contributed by atoms with E-state index in [0.717, 1.165) is 0 Å². The van der Waals surface area contributed by atoms with Gasteiger partial charge < -0.3 is 20.3 Å². The average Bonchev–Trinajstić information content (AvgIpc) is 2.52. The Morgan fingerprint density at radius 2 is 1.80 bits per heavy atom. The third-order valence-corrected chi connectivity index (χ3v) is 3.74. The van der Waals surface area contributed by atoms with Gasteiger partial charge in [0.25, 0.3) is 11.6 Å². The highest BCUT2D eigenvalue weighted by molar-refractivity contribution is 5.98. The molecule has 2 amide bonds. The molecule has 1 heterocycles. The minimum atomic E-state index is -0.846. The number of anilines is 1. The Balaban J connectivity index is 2.08. The van der Waals surface area contributed by atoms with Crippen molar-refractivity contribution < 1.29 is 19.2 Å². The highest BCUT2D eigenvalue weighted by Gasteiger charge is 2.27. The van der Waals surface area contributed by atoms with E-state index in [0.29, 0.717) is 31.9 Å². The molecule has 0 aromatic heterocycles. The van der Waals surface area contributed by atoms with E-state index in [1.165, 1.54) is 12.1 Å². The van der Waals surface area contributed by atoms with Gasteiger partial charge in [0, 0.05) is 37.9 Å². The molecule has 2 rings (SSSR count).